The summed E-state index contributed by atoms with van der Waals surface area (Å²) < 4.78 is 27.7. The molecule has 1 unspecified atom stereocenters. The van der Waals surface area contributed by atoms with E-state index in [2.05, 4.69) is 14.9 Å². The number of thioether (sulfide) groups is 1. The lowest BCUT2D eigenvalue weighted by molar-refractivity contribution is -0.0511. The van der Waals surface area contributed by atoms with Crippen molar-refractivity contribution in [2.45, 2.75) is 24.4 Å². The summed E-state index contributed by atoms with van der Waals surface area (Å²) in [6.07, 6.45) is 1.85. The number of rotatable bonds is 10. The molecule has 0 bridgehead atoms. The largest absolute Gasteiger partial charge is 0.493 e. The van der Waals surface area contributed by atoms with Crippen LogP contribution in [0.1, 0.15) is 11.3 Å². The fourth-order valence-electron chi connectivity index (χ4n) is 3.33. The Morgan fingerprint density at radius 2 is 2.06 bits per heavy atom. The maximum absolute atomic E-state index is 6.54. The highest BCUT2D eigenvalue weighted by atomic mass is 35.5. The predicted octanol–water partition coefficient (Wildman–Crippen LogP) is 3.30. The first-order chi connectivity index (χ1) is 15.1. The van der Waals surface area contributed by atoms with E-state index in [1.165, 1.54) is 11.8 Å². The molecule has 0 spiro atoms. The Hall–Kier alpha value is -1.78. The van der Waals surface area contributed by atoms with Crippen molar-refractivity contribution in [1.82, 2.24) is 14.9 Å². The molecule has 10 heteroatoms. The third-order valence-electron chi connectivity index (χ3n) is 4.81. The van der Waals surface area contributed by atoms with Gasteiger partial charge in [-0.25, -0.2) is 4.98 Å². The normalized spacial score (nSPS) is 16.9. The van der Waals surface area contributed by atoms with Gasteiger partial charge >= 0.3 is 0 Å². The van der Waals surface area contributed by atoms with Crippen LogP contribution in [-0.4, -0.2) is 74.9 Å². The van der Waals surface area contributed by atoms with Gasteiger partial charge in [0.2, 0.25) is 5.88 Å². The maximum Gasteiger partial charge on any atom is 0.217 e. The molecule has 1 aromatic heterocycles. The molecule has 1 aromatic carbocycles. The van der Waals surface area contributed by atoms with Crippen LogP contribution in [0.25, 0.3) is 0 Å². The lowest BCUT2D eigenvalue weighted by Crippen LogP contribution is -2.44. The van der Waals surface area contributed by atoms with Gasteiger partial charge in [-0.15, -0.1) is 0 Å². The van der Waals surface area contributed by atoms with E-state index in [4.69, 9.17) is 35.3 Å². The Balaban J connectivity index is 1.61. The number of morpholine rings is 1. The van der Waals surface area contributed by atoms with Gasteiger partial charge in [-0.05, 0) is 17.9 Å². The summed E-state index contributed by atoms with van der Waals surface area (Å²) in [5.74, 6) is 1.69. The van der Waals surface area contributed by atoms with E-state index in [0.717, 1.165) is 24.3 Å². The molecule has 1 fully saturated rings. The van der Waals surface area contributed by atoms with Gasteiger partial charge in [0, 0.05) is 32.8 Å². The van der Waals surface area contributed by atoms with Crippen LogP contribution >= 0.6 is 23.4 Å². The fourth-order valence-corrected chi connectivity index (χ4v) is 4.02. The standard InChI is InChI=1S/C21H28ClN3O5S/c1-26-12-15-9-18(24-21(23-15)31-4)30-13-16-11-25(7-8-29-16)10-14-5-6-17(27-2)20(28-3)19(14)22/h5-6,9,16H,7-8,10-13H2,1-4H3. The van der Waals surface area contributed by atoms with E-state index in [1.807, 2.05) is 18.4 Å². The smallest absolute Gasteiger partial charge is 0.217 e. The second-order valence-electron chi connectivity index (χ2n) is 6.93. The Morgan fingerprint density at radius 3 is 2.77 bits per heavy atom. The van der Waals surface area contributed by atoms with Gasteiger partial charge in [0.15, 0.2) is 16.7 Å². The summed E-state index contributed by atoms with van der Waals surface area (Å²) >= 11 is 8.01. The highest BCUT2D eigenvalue weighted by Crippen LogP contribution is 2.37. The van der Waals surface area contributed by atoms with Crippen molar-refractivity contribution in [1.29, 1.82) is 0 Å². The van der Waals surface area contributed by atoms with Crippen LogP contribution in [0.4, 0.5) is 0 Å². The SMILES string of the molecule is COCc1cc(OCC2CN(Cc3ccc(OC)c(OC)c3Cl)CCO2)nc(SC)n1. The van der Waals surface area contributed by atoms with Crippen LogP contribution in [0.15, 0.2) is 23.4 Å². The molecule has 0 N–H and O–H groups in total. The van der Waals surface area contributed by atoms with Gasteiger partial charge in [0.25, 0.3) is 0 Å². The zero-order valence-corrected chi connectivity index (χ0v) is 19.8. The molecule has 1 aliphatic rings. The number of methoxy groups -OCH3 is 3. The van der Waals surface area contributed by atoms with Crippen molar-refractivity contribution >= 4 is 23.4 Å². The number of hydrogen-bond acceptors (Lipinski definition) is 9. The number of hydrogen-bond donors (Lipinski definition) is 0. The van der Waals surface area contributed by atoms with E-state index in [0.29, 0.717) is 53.9 Å². The van der Waals surface area contributed by atoms with Gasteiger partial charge in [-0.3, -0.25) is 4.90 Å². The number of aromatic nitrogens is 2. The molecule has 0 saturated carbocycles. The van der Waals surface area contributed by atoms with E-state index in [-0.39, 0.29) is 6.10 Å². The summed E-state index contributed by atoms with van der Waals surface area (Å²) in [6.45, 7) is 3.63. The number of nitrogens with zero attached hydrogens (tertiary/aromatic N) is 3. The minimum absolute atomic E-state index is 0.0776. The van der Waals surface area contributed by atoms with Crippen molar-refractivity contribution in [2.24, 2.45) is 0 Å². The monoisotopic (exact) mass is 469 g/mol. The summed E-state index contributed by atoms with van der Waals surface area (Å²) in [7, 11) is 4.82. The van der Waals surface area contributed by atoms with E-state index in [1.54, 1.807) is 27.4 Å². The van der Waals surface area contributed by atoms with Crippen LogP contribution in [0, 0.1) is 0 Å². The second-order valence-corrected chi connectivity index (χ2v) is 8.08. The Bertz CT molecular complexity index is 873. The third-order valence-corrected chi connectivity index (χ3v) is 5.77. The van der Waals surface area contributed by atoms with E-state index < -0.39 is 0 Å². The first-order valence-corrected chi connectivity index (χ1v) is 11.4. The summed E-state index contributed by atoms with van der Waals surface area (Å²) in [4.78, 5) is 11.1. The van der Waals surface area contributed by atoms with Gasteiger partial charge in [0.05, 0.1) is 38.1 Å². The molecule has 1 aliphatic heterocycles. The van der Waals surface area contributed by atoms with Crippen LogP contribution in [0.2, 0.25) is 5.02 Å². The summed E-state index contributed by atoms with van der Waals surface area (Å²) in [6, 6.07) is 5.64. The Kier molecular flexibility index (Phi) is 9.03. The molecule has 0 aliphatic carbocycles. The molecule has 3 rings (SSSR count). The summed E-state index contributed by atoms with van der Waals surface area (Å²) in [5.41, 5.74) is 1.76. The van der Waals surface area contributed by atoms with Crippen molar-refractivity contribution in [3.63, 3.8) is 0 Å². The first kappa shape index (κ1) is 23.9. The highest BCUT2D eigenvalue weighted by Gasteiger charge is 2.23. The maximum atomic E-state index is 6.54. The molecular weight excluding hydrogens is 442 g/mol. The molecule has 1 atom stereocenters. The van der Waals surface area contributed by atoms with Gasteiger partial charge < -0.3 is 23.7 Å². The number of benzene rings is 1. The number of halogens is 1. The minimum atomic E-state index is -0.0776. The zero-order valence-electron chi connectivity index (χ0n) is 18.2. The summed E-state index contributed by atoms with van der Waals surface area (Å²) in [5, 5.41) is 1.22. The van der Waals surface area contributed by atoms with Crippen LogP contribution in [0.5, 0.6) is 17.4 Å². The highest BCUT2D eigenvalue weighted by molar-refractivity contribution is 7.98. The second kappa shape index (κ2) is 11.7. The van der Waals surface area contributed by atoms with Gasteiger partial charge in [-0.2, -0.15) is 4.98 Å². The fraction of sp³-hybridized carbons (Fsp3) is 0.524. The third kappa shape index (κ3) is 6.36. The van der Waals surface area contributed by atoms with Gasteiger partial charge in [0.1, 0.15) is 12.7 Å². The van der Waals surface area contributed by atoms with Crippen LogP contribution in [-0.2, 0) is 22.6 Å². The molecule has 170 valence electrons. The molecule has 31 heavy (non-hydrogen) atoms. The molecule has 0 radical (unpaired) electrons. The quantitative estimate of drug-likeness (QED) is 0.384. The van der Waals surface area contributed by atoms with Crippen molar-refractivity contribution in [3.05, 3.63) is 34.5 Å². The number of ether oxygens (including phenoxy) is 5. The Labute approximate surface area is 192 Å². The average Bonchev–Trinajstić information content (AvgIpc) is 2.79. The lowest BCUT2D eigenvalue weighted by Gasteiger charge is -2.33. The van der Waals surface area contributed by atoms with E-state index >= 15 is 0 Å². The van der Waals surface area contributed by atoms with Crippen molar-refractivity contribution < 1.29 is 23.7 Å². The lowest BCUT2D eigenvalue weighted by atomic mass is 10.1. The topological polar surface area (TPSA) is 75.2 Å². The van der Waals surface area contributed by atoms with Gasteiger partial charge in [-0.1, -0.05) is 29.4 Å². The predicted molar refractivity (Wildman–Crippen MR) is 120 cm³/mol. The molecule has 2 aromatic rings. The zero-order chi connectivity index (χ0) is 22.2. The van der Waals surface area contributed by atoms with E-state index in [9.17, 15) is 0 Å². The van der Waals surface area contributed by atoms with Crippen molar-refractivity contribution in [3.8, 4) is 17.4 Å². The molecule has 1 saturated heterocycles. The molecule has 2 heterocycles. The van der Waals surface area contributed by atoms with Crippen LogP contribution < -0.4 is 14.2 Å². The molecule has 8 nitrogen and oxygen atoms in total. The Morgan fingerprint density at radius 1 is 1.23 bits per heavy atom. The average molecular weight is 470 g/mol. The minimum Gasteiger partial charge on any atom is -0.493 e. The van der Waals surface area contributed by atoms with Crippen molar-refractivity contribution in [2.75, 3.05) is 53.9 Å². The van der Waals surface area contributed by atoms with Crippen LogP contribution in [0.3, 0.4) is 0 Å². The molecule has 0 amide bonds. The first-order valence-electron chi connectivity index (χ1n) is 9.84. The molecular formula is C21H28ClN3O5S.